The fourth-order valence-corrected chi connectivity index (χ4v) is 2.53. The minimum atomic E-state index is -0.907. The van der Waals surface area contributed by atoms with Crippen molar-refractivity contribution in [1.29, 1.82) is 0 Å². The molecule has 0 fully saturated rings. The normalized spacial score (nSPS) is 10.4. The third kappa shape index (κ3) is 4.82. The van der Waals surface area contributed by atoms with Crippen LogP contribution >= 0.6 is 0 Å². The largest absolute Gasteiger partial charge is 0.493 e. The van der Waals surface area contributed by atoms with Gasteiger partial charge in [-0.3, -0.25) is 9.78 Å². The number of benzene rings is 2. The molecule has 0 aliphatic rings. The van der Waals surface area contributed by atoms with Crippen LogP contribution in [0.5, 0.6) is 11.5 Å². The minimum Gasteiger partial charge on any atom is -0.493 e. The topological polar surface area (TPSA) is 60.5 Å². The Morgan fingerprint density at radius 1 is 1.00 bits per heavy atom. The van der Waals surface area contributed by atoms with Gasteiger partial charge >= 0.3 is 0 Å². The van der Waals surface area contributed by atoms with Gasteiger partial charge < -0.3 is 14.8 Å². The SMILES string of the molecule is COc1cc(CNC(=O)c2ccc(F)cc2F)ccc1OCc1ccncc1. The van der Waals surface area contributed by atoms with Crippen molar-refractivity contribution in [3.8, 4) is 11.5 Å². The second-order valence-corrected chi connectivity index (χ2v) is 5.94. The summed E-state index contributed by atoms with van der Waals surface area (Å²) in [6.45, 7) is 0.509. The quantitative estimate of drug-likeness (QED) is 0.672. The van der Waals surface area contributed by atoms with E-state index in [9.17, 15) is 13.6 Å². The van der Waals surface area contributed by atoms with Crippen molar-refractivity contribution in [2.24, 2.45) is 0 Å². The van der Waals surface area contributed by atoms with Crippen molar-refractivity contribution in [1.82, 2.24) is 10.3 Å². The number of pyridine rings is 1. The third-order valence-electron chi connectivity index (χ3n) is 4.00. The molecule has 0 aliphatic heterocycles. The van der Waals surface area contributed by atoms with Crippen LogP contribution in [0.2, 0.25) is 0 Å². The van der Waals surface area contributed by atoms with Gasteiger partial charge in [0.1, 0.15) is 18.2 Å². The van der Waals surface area contributed by atoms with E-state index in [0.717, 1.165) is 23.3 Å². The van der Waals surface area contributed by atoms with E-state index in [2.05, 4.69) is 10.3 Å². The Kier molecular flexibility index (Phi) is 6.16. The van der Waals surface area contributed by atoms with E-state index in [-0.39, 0.29) is 12.1 Å². The molecule has 0 unspecified atom stereocenters. The van der Waals surface area contributed by atoms with Crippen molar-refractivity contribution in [3.05, 3.63) is 89.2 Å². The lowest BCUT2D eigenvalue weighted by molar-refractivity contribution is 0.0946. The van der Waals surface area contributed by atoms with Crippen LogP contribution in [0.1, 0.15) is 21.5 Å². The summed E-state index contributed by atoms with van der Waals surface area (Å²) in [4.78, 5) is 16.1. The number of nitrogens with one attached hydrogen (secondary N) is 1. The standard InChI is InChI=1S/C21H18F2N2O3/c1-27-20-10-15(2-5-19(20)28-13-14-6-8-24-9-7-14)12-25-21(26)17-4-3-16(22)11-18(17)23/h2-11H,12-13H2,1H3,(H,25,26). The molecule has 7 heteroatoms. The average molecular weight is 384 g/mol. The van der Waals surface area contributed by atoms with Gasteiger partial charge in [-0.25, -0.2) is 8.78 Å². The van der Waals surface area contributed by atoms with Gasteiger partial charge in [0.05, 0.1) is 12.7 Å². The summed E-state index contributed by atoms with van der Waals surface area (Å²) >= 11 is 0. The molecule has 0 radical (unpaired) electrons. The Balaban J connectivity index is 1.64. The molecule has 5 nitrogen and oxygen atoms in total. The smallest absolute Gasteiger partial charge is 0.254 e. The molecule has 0 bridgehead atoms. The third-order valence-corrected chi connectivity index (χ3v) is 4.00. The first-order valence-corrected chi connectivity index (χ1v) is 8.48. The molecule has 0 aliphatic carbocycles. The van der Waals surface area contributed by atoms with Crippen LogP contribution in [0, 0.1) is 11.6 Å². The number of carbonyl (C=O) groups is 1. The second kappa shape index (κ2) is 8.94. The van der Waals surface area contributed by atoms with Gasteiger partial charge in [0.2, 0.25) is 0 Å². The van der Waals surface area contributed by atoms with Gasteiger partial charge in [-0.1, -0.05) is 6.07 Å². The molecule has 1 heterocycles. The summed E-state index contributed by atoms with van der Waals surface area (Å²) in [5.74, 6) is -1.21. The first-order chi connectivity index (χ1) is 13.6. The molecular formula is C21H18F2N2O3. The lowest BCUT2D eigenvalue weighted by atomic mass is 10.1. The predicted octanol–water partition coefficient (Wildman–Crippen LogP) is 3.88. The highest BCUT2D eigenvalue weighted by atomic mass is 19.1. The van der Waals surface area contributed by atoms with E-state index >= 15 is 0 Å². The van der Waals surface area contributed by atoms with E-state index in [4.69, 9.17) is 9.47 Å². The van der Waals surface area contributed by atoms with Crippen molar-refractivity contribution in [2.75, 3.05) is 7.11 Å². The highest BCUT2D eigenvalue weighted by Gasteiger charge is 2.13. The fourth-order valence-electron chi connectivity index (χ4n) is 2.53. The summed E-state index contributed by atoms with van der Waals surface area (Å²) in [6.07, 6.45) is 3.37. The van der Waals surface area contributed by atoms with Gasteiger partial charge in [0.25, 0.3) is 5.91 Å². The summed E-state index contributed by atoms with van der Waals surface area (Å²) in [5.41, 5.74) is 1.49. The Bertz CT molecular complexity index is 965. The second-order valence-electron chi connectivity index (χ2n) is 5.94. The lowest BCUT2D eigenvalue weighted by Gasteiger charge is -2.13. The van der Waals surface area contributed by atoms with E-state index in [0.29, 0.717) is 24.2 Å². The van der Waals surface area contributed by atoms with Gasteiger partial charge in [-0.2, -0.15) is 0 Å². The molecule has 1 N–H and O–H groups in total. The summed E-state index contributed by atoms with van der Waals surface area (Å²) in [5, 5.41) is 2.60. The first kappa shape index (κ1) is 19.3. The Hall–Kier alpha value is -3.48. The Labute approximate surface area is 160 Å². The molecule has 0 saturated carbocycles. The van der Waals surface area contributed by atoms with E-state index in [1.54, 1.807) is 30.6 Å². The number of methoxy groups -OCH3 is 1. The van der Waals surface area contributed by atoms with Crippen LogP contribution < -0.4 is 14.8 Å². The highest BCUT2D eigenvalue weighted by molar-refractivity contribution is 5.94. The van der Waals surface area contributed by atoms with Gasteiger partial charge in [-0.05, 0) is 47.5 Å². The molecule has 0 atom stereocenters. The Morgan fingerprint density at radius 2 is 1.79 bits per heavy atom. The summed E-state index contributed by atoms with van der Waals surface area (Å²) < 4.78 is 37.7. The molecule has 0 saturated heterocycles. The molecule has 3 aromatic rings. The van der Waals surface area contributed by atoms with Crippen LogP contribution in [-0.2, 0) is 13.2 Å². The fraction of sp³-hybridized carbons (Fsp3) is 0.143. The number of amides is 1. The molecular weight excluding hydrogens is 366 g/mol. The average Bonchev–Trinajstić information content (AvgIpc) is 2.71. The summed E-state index contributed by atoms with van der Waals surface area (Å²) in [7, 11) is 1.52. The number of hydrogen-bond donors (Lipinski definition) is 1. The monoisotopic (exact) mass is 384 g/mol. The number of hydrogen-bond acceptors (Lipinski definition) is 4. The van der Waals surface area contributed by atoms with Crippen LogP contribution in [0.15, 0.2) is 60.9 Å². The number of halogens is 2. The van der Waals surface area contributed by atoms with Crippen molar-refractivity contribution < 1.29 is 23.0 Å². The van der Waals surface area contributed by atoms with Crippen molar-refractivity contribution in [3.63, 3.8) is 0 Å². The maximum Gasteiger partial charge on any atom is 0.254 e. The maximum atomic E-state index is 13.7. The van der Waals surface area contributed by atoms with Gasteiger partial charge in [0.15, 0.2) is 11.5 Å². The van der Waals surface area contributed by atoms with Crippen LogP contribution in [0.4, 0.5) is 8.78 Å². The molecule has 1 aromatic heterocycles. The van der Waals surface area contributed by atoms with Gasteiger partial charge in [-0.15, -0.1) is 0 Å². The van der Waals surface area contributed by atoms with Crippen LogP contribution in [0.3, 0.4) is 0 Å². The van der Waals surface area contributed by atoms with Crippen molar-refractivity contribution in [2.45, 2.75) is 13.2 Å². The number of aromatic nitrogens is 1. The number of ether oxygens (including phenoxy) is 2. The van der Waals surface area contributed by atoms with Crippen LogP contribution in [-0.4, -0.2) is 18.0 Å². The number of rotatable bonds is 7. The Morgan fingerprint density at radius 3 is 2.50 bits per heavy atom. The molecule has 0 spiro atoms. The number of carbonyl (C=O) groups excluding carboxylic acids is 1. The molecule has 3 rings (SSSR count). The molecule has 2 aromatic carbocycles. The maximum absolute atomic E-state index is 13.7. The van der Waals surface area contributed by atoms with Crippen LogP contribution in [0.25, 0.3) is 0 Å². The minimum absolute atomic E-state index is 0.149. The van der Waals surface area contributed by atoms with Crippen molar-refractivity contribution >= 4 is 5.91 Å². The van der Waals surface area contributed by atoms with Gasteiger partial charge in [0, 0.05) is 25.0 Å². The molecule has 28 heavy (non-hydrogen) atoms. The molecule has 144 valence electrons. The van der Waals surface area contributed by atoms with E-state index in [1.165, 1.54) is 7.11 Å². The summed E-state index contributed by atoms with van der Waals surface area (Å²) in [6, 6.07) is 11.8. The first-order valence-electron chi connectivity index (χ1n) is 8.48. The molecule has 1 amide bonds. The predicted molar refractivity (Wildman–Crippen MR) is 99.1 cm³/mol. The van der Waals surface area contributed by atoms with E-state index < -0.39 is 17.5 Å². The highest BCUT2D eigenvalue weighted by Crippen LogP contribution is 2.28. The zero-order chi connectivity index (χ0) is 19.9. The van der Waals surface area contributed by atoms with E-state index in [1.807, 2.05) is 12.1 Å². The lowest BCUT2D eigenvalue weighted by Crippen LogP contribution is -2.23. The number of nitrogens with zero attached hydrogens (tertiary/aromatic N) is 1. The zero-order valence-corrected chi connectivity index (χ0v) is 15.1. The zero-order valence-electron chi connectivity index (χ0n) is 15.1.